The quantitative estimate of drug-likeness (QED) is 0.707. The highest BCUT2D eigenvalue weighted by Crippen LogP contribution is 2.24. The minimum atomic E-state index is -0.976. The van der Waals surface area contributed by atoms with Gasteiger partial charge in [0.25, 0.3) is 0 Å². The van der Waals surface area contributed by atoms with Gasteiger partial charge in [-0.05, 0) is 17.5 Å². The topological polar surface area (TPSA) is 109 Å². The zero-order valence-electron chi connectivity index (χ0n) is 12.1. The van der Waals surface area contributed by atoms with Gasteiger partial charge in [0.1, 0.15) is 5.76 Å². The van der Waals surface area contributed by atoms with E-state index < -0.39 is 23.3 Å². The first kappa shape index (κ1) is 16.7. The van der Waals surface area contributed by atoms with Crippen LogP contribution in [-0.2, 0) is 16.0 Å². The van der Waals surface area contributed by atoms with Gasteiger partial charge in [0, 0.05) is 19.4 Å². The summed E-state index contributed by atoms with van der Waals surface area (Å²) in [6.45, 7) is 3.66. The van der Waals surface area contributed by atoms with Crippen LogP contribution in [0.5, 0.6) is 0 Å². The van der Waals surface area contributed by atoms with Gasteiger partial charge in [-0.3, -0.25) is 14.9 Å². The van der Waals surface area contributed by atoms with Crippen molar-refractivity contribution in [3.8, 4) is 0 Å². The summed E-state index contributed by atoms with van der Waals surface area (Å²) in [7, 11) is 0. The molecule has 0 unspecified atom stereocenters. The van der Waals surface area contributed by atoms with Gasteiger partial charge in [-0.15, -0.1) is 0 Å². The predicted octanol–water partition coefficient (Wildman–Crippen LogP) is 1.54. The first-order valence-corrected chi connectivity index (χ1v) is 6.60. The highest BCUT2D eigenvalue weighted by molar-refractivity contribution is 5.94. The van der Waals surface area contributed by atoms with E-state index in [-0.39, 0.29) is 12.8 Å². The molecule has 0 aliphatic rings. The number of carboxylic acids is 1. The highest BCUT2D eigenvalue weighted by atomic mass is 16.4. The van der Waals surface area contributed by atoms with Crippen LogP contribution in [0.1, 0.15) is 32.4 Å². The molecule has 3 N–H and O–H groups in total. The maximum absolute atomic E-state index is 11.7. The largest absolute Gasteiger partial charge is 0.481 e. The Balaban J connectivity index is 2.27. The van der Waals surface area contributed by atoms with Crippen LogP contribution in [0.15, 0.2) is 22.8 Å². The number of carboxylic acid groups (broad SMARTS) is 1. The Morgan fingerprint density at radius 2 is 2.00 bits per heavy atom. The maximum Gasteiger partial charge on any atom is 0.321 e. The normalized spacial score (nSPS) is 11.0. The van der Waals surface area contributed by atoms with Gasteiger partial charge in [-0.2, -0.15) is 0 Å². The van der Waals surface area contributed by atoms with E-state index in [2.05, 4.69) is 10.6 Å². The van der Waals surface area contributed by atoms with Crippen molar-refractivity contribution in [2.75, 3.05) is 6.54 Å². The van der Waals surface area contributed by atoms with Gasteiger partial charge in [0.05, 0.1) is 12.7 Å². The number of carbonyl (C=O) groups excluding carboxylic acids is 2. The second kappa shape index (κ2) is 7.47. The summed E-state index contributed by atoms with van der Waals surface area (Å²) in [4.78, 5) is 33.8. The third-order valence-electron chi connectivity index (χ3n) is 2.76. The molecule has 116 valence electrons. The van der Waals surface area contributed by atoms with Crippen LogP contribution in [-0.4, -0.2) is 29.6 Å². The molecule has 7 heteroatoms. The Labute approximate surface area is 122 Å². The number of furan rings is 1. The number of hydrogen-bond acceptors (Lipinski definition) is 4. The molecule has 0 saturated carbocycles. The molecular formula is C14H20N2O5. The van der Waals surface area contributed by atoms with Crippen molar-refractivity contribution in [2.24, 2.45) is 5.41 Å². The highest BCUT2D eigenvalue weighted by Gasteiger charge is 2.25. The fraction of sp³-hybridized carbons (Fsp3) is 0.500. The van der Waals surface area contributed by atoms with Crippen LogP contribution in [0.2, 0.25) is 0 Å². The number of imide groups is 1. The predicted molar refractivity (Wildman–Crippen MR) is 74.6 cm³/mol. The fourth-order valence-electron chi connectivity index (χ4n) is 1.88. The van der Waals surface area contributed by atoms with E-state index in [0.717, 1.165) is 5.76 Å². The maximum atomic E-state index is 11.7. The lowest BCUT2D eigenvalue weighted by atomic mass is 9.85. The lowest BCUT2D eigenvalue weighted by Crippen LogP contribution is -2.41. The third-order valence-corrected chi connectivity index (χ3v) is 2.76. The molecular weight excluding hydrogens is 276 g/mol. The molecule has 1 aromatic heterocycles. The number of amides is 3. The minimum absolute atomic E-state index is 0.0368. The van der Waals surface area contributed by atoms with E-state index in [4.69, 9.17) is 9.52 Å². The number of urea groups is 1. The lowest BCUT2D eigenvalue weighted by molar-refractivity contribution is -0.139. The van der Waals surface area contributed by atoms with Crippen LogP contribution in [0.25, 0.3) is 0 Å². The summed E-state index contributed by atoms with van der Waals surface area (Å²) in [5.74, 6) is -0.739. The number of carbonyl (C=O) groups is 3. The molecule has 3 amide bonds. The average molecular weight is 296 g/mol. The smallest absolute Gasteiger partial charge is 0.321 e. The molecule has 0 atom stereocenters. The Bertz CT molecular complexity index is 493. The van der Waals surface area contributed by atoms with Gasteiger partial charge >= 0.3 is 12.0 Å². The Kier molecular flexibility index (Phi) is 5.95. The zero-order chi connectivity index (χ0) is 15.9. The molecule has 0 aliphatic carbocycles. The van der Waals surface area contributed by atoms with E-state index >= 15 is 0 Å². The van der Waals surface area contributed by atoms with Gasteiger partial charge in [-0.1, -0.05) is 13.8 Å². The Morgan fingerprint density at radius 1 is 1.29 bits per heavy atom. The molecule has 0 saturated heterocycles. The van der Waals surface area contributed by atoms with E-state index in [1.807, 2.05) is 0 Å². The summed E-state index contributed by atoms with van der Waals surface area (Å²) >= 11 is 0. The van der Waals surface area contributed by atoms with E-state index in [1.54, 1.807) is 32.2 Å². The molecule has 21 heavy (non-hydrogen) atoms. The van der Waals surface area contributed by atoms with Crippen molar-refractivity contribution < 1.29 is 23.9 Å². The Hall–Kier alpha value is -2.31. The first-order chi connectivity index (χ1) is 9.78. The van der Waals surface area contributed by atoms with Crippen molar-refractivity contribution >= 4 is 17.9 Å². The summed E-state index contributed by atoms with van der Waals surface area (Å²) in [5.41, 5.74) is -0.704. The number of aliphatic carboxylic acids is 1. The standard InChI is InChI=1S/C14H20N2O5/c1-14(2,9-12(18)19)8-11(17)16-13(20)15-6-5-10-4-3-7-21-10/h3-4,7H,5-6,8-9H2,1-2H3,(H,18,19)(H2,15,16,17,20). The lowest BCUT2D eigenvalue weighted by Gasteiger charge is -2.21. The van der Waals surface area contributed by atoms with E-state index in [9.17, 15) is 14.4 Å². The third kappa shape index (κ3) is 7.14. The van der Waals surface area contributed by atoms with Crippen LogP contribution in [0.3, 0.4) is 0 Å². The SMILES string of the molecule is CC(C)(CC(=O)O)CC(=O)NC(=O)NCCc1ccco1. The monoisotopic (exact) mass is 296 g/mol. The van der Waals surface area contributed by atoms with E-state index in [1.165, 1.54) is 0 Å². The second-order valence-corrected chi connectivity index (χ2v) is 5.54. The summed E-state index contributed by atoms with van der Waals surface area (Å²) in [6, 6.07) is 2.94. The van der Waals surface area contributed by atoms with Gasteiger partial charge in [0.2, 0.25) is 5.91 Å². The van der Waals surface area contributed by atoms with Crippen LogP contribution in [0.4, 0.5) is 4.79 Å². The van der Waals surface area contributed by atoms with Crippen molar-refractivity contribution in [1.82, 2.24) is 10.6 Å². The molecule has 1 heterocycles. The first-order valence-electron chi connectivity index (χ1n) is 6.60. The molecule has 1 aromatic rings. The van der Waals surface area contributed by atoms with Gasteiger partial charge in [-0.25, -0.2) is 4.79 Å². The number of hydrogen-bond donors (Lipinski definition) is 3. The molecule has 0 bridgehead atoms. The van der Waals surface area contributed by atoms with Gasteiger partial charge < -0.3 is 14.8 Å². The van der Waals surface area contributed by atoms with Crippen molar-refractivity contribution in [3.05, 3.63) is 24.2 Å². The second-order valence-electron chi connectivity index (χ2n) is 5.54. The molecule has 0 aromatic carbocycles. The summed E-state index contributed by atoms with van der Waals surface area (Å²) in [6.07, 6.45) is 1.90. The molecule has 0 aliphatic heterocycles. The van der Waals surface area contributed by atoms with Crippen LogP contribution in [0, 0.1) is 5.41 Å². The molecule has 7 nitrogen and oxygen atoms in total. The molecule has 0 spiro atoms. The summed E-state index contributed by atoms with van der Waals surface area (Å²) in [5, 5.41) is 13.4. The number of rotatable bonds is 7. The van der Waals surface area contributed by atoms with Crippen LogP contribution < -0.4 is 10.6 Å². The average Bonchev–Trinajstić information content (AvgIpc) is 2.78. The molecule has 0 radical (unpaired) electrons. The van der Waals surface area contributed by atoms with Gasteiger partial charge in [0.15, 0.2) is 0 Å². The molecule has 1 rings (SSSR count). The fourth-order valence-corrected chi connectivity index (χ4v) is 1.88. The minimum Gasteiger partial charge on any atom is -0.481 e. The van der Waals surface area contributed by atoms with Crippen molar-refractivity contribution in [1.29, 1.82) is 0 Å². The van der Waals surface area contributed by atoms with Crippen LogP contribution >= 0.6 is 0 Å². The molecule has 0 fully saturated rings. The Morgan fingerprint density at radius 3 is 2.57 bits per heavy atom. The number of nitrogens with one attached hydrogen (secondary N) is 2. The zero-order valence-corrected chi connectivity index (χ0v) is 12.1. The van der Waals surface area contributed by atoms with Crippen molar-refractivity contribution in [3.63, 3.8) is 0 Å². The van der Waals surface area contributed by atoms with Crippen molar-refractivity contribution in [2.45, 2.75) is 33.1 Å². The van der Waals surface area contributed by atoms with E-state index in [0.29, 0.717) is 13.0 Å². The summed E-state index contributed by atoms with van der Waals surface area (Å²) < 4.78 is 5.10.